The Morgan fingerprint density at radius 2 is 1.91 bits per heavy atom. The number of fused-ring (bicyclic) bond motifs is 1. The molecule has 0 unspecified atom stereocenters. The van der Waals surface area contributed by atoms with E-state index < -0.39 is 30.1 Å². The summed E-state index contributed by atoms with van der Waals surface area (Å²) in [5.74, 6) is -1.67. The smallest absolute Gasteiger partial charge is 0.493 e. The minimum absolute atomic E-state index is 0.0132. The second kappa shape index (κ2) is 9.92. The molecule has 2 aromatic carbocycles. The summed E-state index contributed by atoms with van der Waals surface area (Å²) >= 11 is 6.12. The van der Waals surface area contributed by atoms with Crippen molar-refractivity contribution in [2.45, 2.75) is 12.8 Å². The fourth-order valence-corrected chi connectivity index (χ4v) is 3.01. The zero-order chi connectivity index (χ0) is 23.3. The van der Waals surface area contributed by atoms with Crippen molar-refractivity contribution in [1.29, 1.82) is 0 Å². The maximum atomic E-state index is 12.6. The molecular formula is C21H16ClF3O7. The van der Waals surface area contributed by atoms with Crippen molar-refractivity contribution >= 4 is 28.5 Å². The van der Waals surface area contributed by atoms with Gasteiger partial charge in [-0.05, 0) is 24.3 Å². The maximum absolute atomic E-state index is 12.6. The Balaban J connectivity index is 1.92. The lowest BCUT2D eigenvalue weighted by molar-refractivity contribution is -0.274. The number of para-hydroxylation sites is 1. The van der Waals surface area contributed by atoms with E-state index in [4.69, 9.17) is 30.6 Å². The van der Waals surface area contributed by atoms with Crippen LogP contribution in [0.5, 0.6) is 11.5 Å². The topological polar surface area (TPSA) is 95.2 Å². The number of aliphatic carboxylic acids is 1. The van der Waals surface area contributed by atoms with Gasteiger partial charge in [-0.2, -0.15) is 0 Å². The molecule has 0 aliphatic heterocycles. The van der Waals surface area contributed by atoms with Gasteiger partial charge < -0.3 is 23.7 Å². The van der Waals surface area contributed by atoms with Gasteiger partial charge >= 0.3 is 12.3 Å². The number of rotatable bonds is 9. The lowest BCUT2D eigenvalue weighted by Gasteiger charge is -2.15. The lowest BCUT2D eigenvalue weighted by atomic mass is 10.1. The molecule has 3 aromatic rings. The fraction of sp³-hybridized carbons (Fsp3) is 0.238. The van der Waals surface area contributed by atoms with Gasteiger partial charge in [-0.1, -0.05) is 17.7 Å². The summed E-state index contributed by atoms with van der Waals surface area (Å²) in [6.07, 6.45) is -4.66. The highest BCUT2D eigenvalue weighted by Gasteiger charge is 2.31. The Morgan fingerprint density at radius 3 is 2.62 bits per heavy atom. The van der Waals surface area contributed by atoms with Crippen LogP contribution in [0.1, 0.15) is 6.42 Å². The summed E-state index contributed by atoms with van der Waals surface area (Å²) < 4.78 is 58.0. The summed E-state index contributed by atoms with van der Waals surface area (Å²) in [6.45, 7) is -0.440. The van der Waals surface area contributed by atoms with Gasteiger partial charge in [0.15, 0.2) is 11.0 Å². The van der Waals surface area contributed by atoms with E-state index in [0.717, 1.165) is 12.1 Å². The summed E-state index contributed by atoms with van der Waals surface area (Å²) in [5.41, 5.74) is -0.0717. The summed E-state index contributed by atoms with van der Waals surface area (Å²) in [6, 6.07) is 9.17. The quantitative estimate of drug-likeness (QED) is 0.443. The van der Waals surface area contributed by atoms with Crippen molar-refractivity contribution in [1.82, 2.24) is 0 Å². The second-order valence-corrected chi connectivity index (χ2v) is 6.85. The molecule has 0 bridgehead atoms. The third kappa shape index (κ3) is 6.14. The molecule has 0 saturated carbocycles. The van der Waals surface area contributed by atoms with Crippen LogP contribution in [0.25, 0.3) is 22.3 Å². The standard InChI is InChI=1S/C21H16ClF3O7/c22-15-4-1-3-13-16(26)10-18(31-20(13)15)14-6-5-12(32-21(23,24)25)9-17(14)30-8-2-7-29-11-19(27)28/h1,3-6,9-10H,2,7-8,11H2,(H,27,28). The van der Waals surface area contributed by atoms with Gasteiger partial charge in [0, 0.05) is 18.6 Å². The monoisotopic (exact) mass is 472 g/mol. The average Bonchev–Trinajstić information content (AvgIpc) is 2.70. The van der Waals surface area contributed by atoms with Crippen molar-refractivity contribution in [3.63, 3.8) is 0 Å². The summed E-state index contributed by atoms with van der Waals surface area (Å²) in [7, 11) is 0. The lowest BCUT2D eigenvalue weighted by Crippen LogP contribution is -2.17. The number of carboxylic acid groups (broad SMARTS) is 1. The number of ether oxygens (including phenoxy) is 3. The van der Waals surface area contributed by atoms with E-state index in [9.17, 15) is 22.8 Å². The molecule has 1 N–H and O–H groups in total. The first kappa shape index (κ1) is 23.4. The minimum atomic E-state index is -4.91. The molecule has 7 nitrogen and oxygen atoms in total. The highest BCUT2D eigenvalue weighted by atomic mass is 35.5. The number of halogens is 4. The number of hydrogen-bond acceptors (Lipinski definition) is 6. The van der Waals surface area contributed by atoms with Crippen LogP contribution in [-0.4, -0.2) is 37.3 Å². The number of alkyl halides is 3. The fourth-order valence-electron chi connectivity index (χ4n) is 2.80. The summed E-state index contributed by atoms with van der Waals surface area (Å²) in [5, 5.41) is 8.98. The van der Waals surface area contributed by atoms with Crippen molar-refractivity contribution in [3.8, 4) is 22.8 Å². The first-order valence-corrected chi connectivity index (χ1v) is 9.57. The van der Waals surface area contributed by atoms with Gasteiger partial charge in [0.1, 0.15) is 23.9 Å². The Bertz CT molecular complexity index is 1170. The minimum Gasteiger partial charge on any atom is -0.493 e. The number of benzene rings is 2. The highest BCUT2D eigenvalue weighted by molar-refractivity contribution is 6.34. The van der Waals surface area contributed by atoms with Gasteiger partial charge in [-0.3, -0.25) is 4.79 Å². The number of hydrogen-bond donors (Lipinski definition) is 1. The SMILES string of the molecule is O=C(O)COCCCOc1cc(OC(F)(F)F)ccc1-c1cc(=O)c2cccc(Cl)c2o1. The van der Waals surface area contributed by atoms with Gasteiger partial charge in [0.2, 0.25) is 0 Å². The van der Waals surface area contributed by atoms with Gasteiger partial charge in [0.05, 0.1) is 29.2 Å². The van der Waals surface area contributed by atoms with Crippen LogP contribution < -0.4 is 14.9 Å². The Hall–Kier alpha value is -3.24. The molecule has 0 saturated heterocycles. The molecule has 32 heavy (non-hydrogen) atoms. The molecule has 0 spiro atoms. The van der Waals surface area contributed by atoms with Crippen LogP contribution >= 0.6 is 11.6 Å². The largest absolute Gasteiger partial charge is 0.573 e. The average molecular weight is 473 g/mol. The zero-order valence-electron chi connectivity index (χ0n) is 16.3. The first-order chi connectivity index (χ1) is 15.1. The number of carboxylic acids is 1. The van der Waals surface area contributed by atoms with Crippen LogP contribution in [0.4, 0.5) is 13.2 Å². The molecule has 1 heterocycles. The van der Waals surface area contributed by atoms with Crippen LogP contribution in [0.3, 0.4) is 0 Å². The van der Waals surface area contributed by atoms with E-state index in [1.165, 1.54) is 24.3 Å². The molecule has 0 atom stereocenters. The normalized spacial score (nSPS) is 11.5. The van der Waals surface area contributed by atoms with E-state index in [1.54, 1.807) is 6.07 Å². The third-order valence-corrected chi connectivity index (χ3v) is 4.37. The van der Waals surface area contributed by atoms with Crippen LogP contribution in [0, 0.1) is 0 Å². The van der Waals surface area contributed by atoms with Gasteiger partial charge in [-0.25, -0.2) is 4.79 Å². The molecule has 0 aliphatic rings. The Labute approximate surface area is 183 Å². The molecular weight excluding hydrogens is 457 g/mol. The van der Waals surface area contributed by atoms with Crippen LogP contribution in [0.2, 0.25) is 5.02 Å². The van der Waals surface area contributed by atoms with Crippen LogP contribution in [-0.2, 0) is 9.53 Å². The van der Waals surface area contributed by atoms with Crippen molar-refractivity contribution in [2.75, 3.05) is 19.8 Å². The van der Waals surface area contributed by atoms with Crippen molar-refractivity contribution in [3.05, 3.63) is 57.7 Å². The predicted molar refractivity (Wildman–Crippen MR) is 108 cm³/mol. The molecule has 3 rings (SSSR count). The second-order valence-electron chi connectivity index (χ2n) is 6.45. The predicted octanol–water partition coefficient (Wildman–Crippen LogP) is 4.88. The molecule has 11 heteroatoms. The highest BCUT2D eigenvalue weighted by Crippen LogP contribution is 2.36. The Morgan fingerprint density at radius 1 is 1.12 bits per heavy atom. The molecule has 0 amide bonds. The van der Waals surface area contributed by atoms with Gasteiger partial charge in [-0.15, -0.1) is 13.2 Å². The third-order valence-electron chi connectivity index (χ3n) is 4.07. The van der Waals surface area contributed by atoms with E-state index in [1.807, 2.05) is 0 Å². The molecule has 1 aromatic heterocycles. The van der Waals surface area contributed by atoms with E-state index in [0.29, 0.717) is 0 Å². The van der Waals surface area contributed by atoms with Crippen molar-refractivity contribution < 1.29 is 41.7 Å². The maximum Gasteiger partial charge on any atom is 0.573 e. The first-order valence-electron chi connectivity index (χ1n) is 9.19. The molecule has 0 aliphatic carbocycles. The zero-order valence-corrected chi connectivity index (χ0v) is 17.0. The summed E-state index contributed by atoms with van der Waals surface area (Å²) in [4.78, 5) is 22.9. The van der Waals surface area contributed by atoms with Crippen molar-refractivity contribution in [2.24, 2.45) is 0 Å². The van der Waals surface area contributed by atoms with Crippen LogP contribution in [0.15, 0.2) is 51.7 Å². The molecule has 0 radical (unpaired) electrons. The number of carbonyl (C=O) groups is 1. The van der Waals surface area contributed by atoms with E-state index in [2.05, 4.69) is 4.74 Å². The van der Waals surface area contributed by atoms with E-state index >= 15 is 0 Å². The Kier molecular flexibility index (Phi) is 7.26. The van der Waals surface area contributed by atoms with Gasteiger partial charge in [0.25, 0.3) is 0 Å². The molecule has 170 valence electrons. The van der Waals surface area contributed by atoms with E-state index in [-0.39, 0.29) is 52.7 Å². The molecule has 0 fully saturated rings.